The molecular formula is C21H24F2N2O4S. The molecule has 0 bridgehead atoms. The normalized spacial score (nSPS) is 16.0. The van der Waals surface area contributed by atoms with E-state index in [2.05, 4.69) is 5.32 Å². The lowest BCUT2D eigenvalue weighted by Gasteiger charge is -2.24. The summed E-state index contributed by atoms with van der Waals surface area (Å²) in [5.41, 5.74) is -0.745. The maximum atomic E-state index is 13.7. The Morgan fingerprint density at radius 1 is 1.03 bits per heavy atom. The van der Waals surface area contributed by atoms with E-state index in [0.717, 1.165) is 43.9 Å². The number of hydrogen-bond donors (Lipinski definition) is 2. The van der Waals surface area contributed by atoms with Gasteiger partial charge in [0.2, 0.25) is 0 Å². The number of anilines is 1. The monoisotopic (exact) mass is 438 g/mol. The van der Waals surface area contributed by atoms with E-state index < -0.39 is 33.4 Å². The van der Waals surface area contributed by atoms with Gasteiger partial charge < -0.3 is 10.1 Å². The molecule has 162 valence electrons. The van der Waals surface area contributed by atoms with Crippen molar-refractivity contribution in [1.82, 2.24) is 5.32 Å². The second-order valence-electron chi connectivity index (χ2n) is 7.28. The third kappa shape index (κ3) is 5.47. The number of ether oxygens (including phenoxy) is 1. The van der Waals surface area contributed by atoms with Crippen LogP contribution in [0.25, 0.3) is 0 Å². The van der Waals surface area contributed by atoms with Crippen molar-refractivity contribution in [3.8, 4) is 5.75 Å². The quantitative estimate of drug-likeness (QED) is 0.685. The Balaban J connectivity index is 1.63. The lowest BCUT2D eigenvalue weighted by Crippen LogP contribution is -2.43. The Bertz CT molecular complexity index is 970. The number of sulfonamides is 1. The molecule has 6 nitrogen and oxygen atoms in total. The molecule has 1 amide bonds. The van der Waals surface area contributed by atoms with Crippen LogP contribution in [-0.4, -0.2) is 26.5 Å². The predicted octanol–water partition coefficient (Wildman–Crippen LogP) is 3.98. The first-order valence-electron chi connectivity index (χ1n) is 9.80. The molecule has 1 aliphatic carbocycles. The molecule has 0 aromatic heterocycles. The van der Waals surface area contributed by atoms with Gasteiger partial charge in [0.1, 0.15) is 23.1 Å². The zero-order chi connectivity index (χ0) is 21.7. The van der Waals surface area contributed by atoms with Gasteiger partial charge >= 0.3 is 0 Å². The molecule has 2 N–H and O–H groups in total. The standard InChI is InChI=1S/C21H24F2N2O4S/c1-14(21(26)24-15-6-3-2-4-7-15)29-16-10-12-17(13-11-16)30(27,28)25-20-18(22)8-5-9-19(20)23/h5,8-15,25H,2-4,6-7H2,1H3,(H,24,26)/t14-/m1/s1. The Morgan fingerprint density at radius 2 is 1.63 bits per heavy atom. The molecular weight excluding hydrogens is 414 g/mol. The van der Waals surface area contributed by atoms with Gasteiger partial charge in [-0.25, -0.2) is 17.2 Å². The molecule has 9 heteroatoms. The molecule has 1 atom stereocenters. The van der Waals surface area contributed by atoms with E-state index in [-0.39, 0.29) is 16.8 Å². The van der Waals surface area contributed by atoms with Gasteiger partial charge in [-0.05, 0) is 56.2 Å². The summed E-state index contributed by atoms with van der Waals surface area (Å²) >= 11 is 0. The number of carbonyl (C=O) groups excluding carboxylic acids is 1. The highest BCUT2D eigenvalue weighted by Crippen LogP contribution is 2.24. The smallest absolute Gasteiger partial charge is 0.262 e. The van der Waals surface area contributed by atoms with Gasteiger partial charge in [0.05, 0.1) is 4.90 Å². The average molecular weight is 438 g/mol. The molecule has 3 rings (SSSR count). The maximum absolute atomic E-state index is 13.7. The highest BCUT2D eigenvalue weighted by molar-refractivity contribution is 7.92. The van der Waals surface area contributed by atoms with Gasteiger partial charge in [-0.3, -0.25) is 9.52 Å². The number of nitrogens with one attached hydrogen (secondary N) is 2. The van der Waals surface area contributed by atoms with E-state index >= 15 is 0 Å². The molecule has 0 radical (unpaired) electrons. The molecule has 0 spiro atoms. The third-order valence-electron chi connectivity index (χ3n) is 4.97. The topological polar surface area (TPSA) is 84.5 Å². The van der Waals surface area contributed by atoms with Crippen LogP contribution in [0.1, 0.15) is 39.0 Å². The maximum Gasteiger partial charge on any atom is 0.262 e. The van der Waals surface area contributed by atoms with Crippen molar-refractivity contribution in [1.29, 1.82) is 0 Å². The molecule has 0 unspecified atom stereocenters. The first-order chi connectivity index (χ1) is 14.3. The van der Waals surface area contributed by atoms with Crippen molar-refractivity contribution in [3.63, 3.8) is 0 Å². The number of rotatable bonds is 7. The fourth-order valence-corrected chi connectivity index (χ4v) is 4.39. The summed E-state index contributed by atoms with van der Waals surface area (Å²) in [5, 5.41) is 2.97. The first kappa shape index (κ1) is 22.0. The van der Waals surface area contributed by atoms with E-state index in [1.54, 1.807) is 6.92 Å². The van der Waals surface area contributed by atoms with Gasteiger partial charge in [-0.1, -0.05) is 25.3 Å². The number of amides is 1. The molecule has 1 saturated carbocycles. The van der Waals surface area contributed by atoms with E-state index in [1.165, 1.54) is 30.7 Å². The highest BCUT2D eigenvalue weighted by atomic mass is 32.2. The predicted molar refractivity (Wildman–Crippen MR) is 109 cm³/mol. The van der Waals surface area contributed by atoms with Crippen molar-refractivity contribution in [2.24, 2.45) is 0 Å². The number of carbonyl (C=O) groups is 1. The Morgan fingerprint density at radius 3 is 2.23 bits per heavy atom. The summed E-state index contributed by atoms with van der Waals surface area (Å²) in [6.07, 6.45) is 4.55. The summed E-state index contributed by atoms with van der Waals surface area (Å²) in [7, 11) is -4.20. The minimum absolute atomic E-state index is 0.162. The van der Waals surface area contributed by atoms with Gasteiger partial charge in [0.25, 0.3) is 15.9 Å². The number of benzene rings is 2. The lowest BCUT2D eigenvalue weighted by molar-refractivity contribution is -0.128. The van der Waals surface area contributed by atoms with E-state index in [1.807, 2.05) is 4.72 Å². The van der Waals surface area contributed by atoms with Crippen molar-refractivity contribution in [2.45, 2.75) is 56.1 Å². The van der Waals surface area contributed by atoms with Crippen LogP contribution in [0.4, 0.5) is 14.5 Å². The van der Waals surface area contributed by atoms with Crippen LogP contribution in [0.5, 0.6) is 5.75 Å². The van der Waals surface area contributed by atoms with Gasteiger partial charge in [-0.15, -0.1) is 0 Å². The third-order valence-corrected chi connectivity index (χ3v) is 6.33. The average Bonchev–Trinajstić information content (AvgIpc) is 2.72. The van der Waals surface area contributed by atoms with Crippen molar-refractivity contribution in [3.05, 3.63) is 54.1 Å². The summed E-state index contributed by atoms with van der Waals surface area (Å²) in [5.74, 6) is -1.96. The van der Waals surface area contributed by atoms with Crippen molar-refractivity contribution >= 4 is 21.6 Å². The Labute approximate surface area is 174 Å². The highest BCUT2D eigenvalue weighted by Gasteiger charge is 2.22. The van der Waals surface area contributed by atoms with Crippen LogP contribution < -0.4 is 14.8 Å². The summed E-state index contributed by atoms with van der Waals surface area (Å²) in [6, 6.07) is 8.46. The Hall–Kier alpha value is -2.68. The molecule has 1 aliphatic rings. The SMILES string of the molecule is C[C@@H](Oc1ccc(S(=O)(=O)Nc2c(F)cccc2F)cc1)C(=O)NC1CCCCC1. The summed E-state index contributed by atoms with van der Waals surface area (Å²) in [4.78, 5) is 12.1. The molecule has 2 aromatic rings. The molecule has 30 heavy (non-hydrogen) atoms. The van der Waals surface area contributed by atoms with Gasteiger partial charge in [0.15, 0.2) is 6.10 Å². The summed E-state index contributed by atoms with van der Waals surface area (Å²) < 4.78 is 59.8. The van der Waals surface area contributed by atoms with Crippen LogP contribution in [0, 0.1) is 11.6 Å². The largest absolute Gasteiger partial charge is 0.481 e. The molecule has 0 heterocycles. The van der Waals surface area contributed by atoms with Gasteiger partial charge in [-0.2, -0.15) is 0 Å². The molecule has 1 fully saturated rings. The van der Waals surface area contributed by atoms with E-state index in [9.17, 15) is 22.0 Å². The van der Waals surface area contributed by atoms with Crippen LogP contribution in [-0.2, 0) is 14.8 Å². The molecule has 2 aromatic carbocycles. The minimum Gasteiger partial charge on any atom is -0.481 e. The fourth-order valence-electron chi connectivity index (χ4n) is 3.31. The number of hydrogen-bond acceptors (Lipinski definition) is 4. The van der Waals surface area contributed by atoms with E-state index in [0.29, 0.717) is 5.75 Å². The van der Waals surface area contributed by atoms with Crippen molar-refractivity contribution < 1.29 is 26.7 Å². The summed E-state index contributed by atoms with van der Waals surface area (Å²) in [6.45, 7) is 1.62. The minimum atomic E-state index is -4.20. The zero-order valence-electron chi connectivity index (χ0n) is 16.5. The molecule has 0 aliphatic heterocycles. The van der Waals surface area contributed by atoms with Crippen molar-refractivity contribution in [2.75, 3.05) is 4.72 Å². The van der Waals surface area contributed by atoms with Crippen LogP contribution in [0.15, 0.2) is 47.4 Å². The lowest BCUT2D eigenvalue weighted by atomic mass is 9.95. The van der Waals surface area contributed by atoms with Crippen LogP contribution >= 0.6 is 0 Å². The Kier molecular flexibility index (Phi) is 6.91. The van der Waals surface area contributed by atoms with Crippen LogP contribution in [0.3, 0.4) is 0 Å². The van der Waals surface area contributed by atoms with E-state index in [4.69, 9.17) is 4.74 Å². The number of para-hydroxylation sites is 1. The zero-order valence-corrected chi connectivity index (χ0v) is 17.3. The number of halogens is 2. The molecule has 0 saturated heterocycles. The van der Waals surface area contributed by atoms with Crippen LogP contribution in [0.2, 0.25) is 0 Å². The van der Waals surface area contributed by atoms with Gasteiger partial charge in [0, 0.05) is 6.04 Å². The first-order valence-corrected chi connectivity index (χ1v) is 11.3. The second-order valence-corrected chi connectivity index (χ2v) is 8.96. The second kappa shape index (κ2) is 9.42. The fraction of sp³-hybridized carbons (Fsp3) is 0.381.